The third kappa shape index (κ3) is 1.65. The van der Waals surface area contributed by atoms with Gasteiger partial charge in [-0.05, 0) is 17.4 Å². The number of rotatable bonds is 1. The minimum atomic E-state index is -0.285. The van der Waals surface area contributed by atoms with Crippen LogP contribution in [0.25, 0.3) is 10.8 Å². The standard InChI is InChI=1S/C12H12FNO/c1-7(2)12-11-8(6-10(15)14-12)4-3-5-9(11)13/h3-7H,1-2H3,(H,14,15). The molecule has 0 spiro atoms. The fraction of sp³-hybridized carbons (Fsp3) is 0.250. The van der Waals surface area contributed by atoms with Gasteiger partial charge in [-0.15, -0.1) is 0 Å². The summed E-state index contributed by atoms with van der Waals surface area (Å²) >= 11 is 0. The monoisotopic (exact) mass is 205 g/mol. The second-order valence-electron chi connectivity index (χ2n) is 3.91. The Balaban J connectivity index is 2.94. The lowest BCUT2D eigenvalue weighted by atomic mass is 10.0. The Hall–Kier alpha value is -1.64. The van der Waals surface area contributed by atoms with Crippen LogP contribution in [0.2, 0.25) is 0 Å². The largest absolute Gasteiger partial charge is 0.325 e. The van der Waals surface area contributed by atoms with E-state index in [0.717, 1.165) is 0 Å². The molecule has 0 fully saturated rings. The highest BCUT2D eigenvalue weighted by Crippen LogP contribution is 2.24. The van der Waals surface area contributed by atoms with E-state index in [4.69, 9.17) is 0 Å². The van der Waals surface area contributed by atoms with Crippen LogP contribution in [0.4, 0.5) is 4.39 Å². The number of H-pyrrole nitrogens is 1. The van der Waals surface area contributed by atoms with Gasteiger partial charge >= 0.3 is 0 Å². The molecule has 2 aromatic rings. The Morgan fingerprint density at radius 1 is 1.33 bits per heavy atom. The van der Waals surface area contributed by atoms with Gasteiger partial charge < -0.3 is 4.98 Å². The highest BCUT2D eigenvalue weighted by molar-refractivity contribution is 5.85. The lowest BCUT2D eigenvalue weighted by molar-refractivity contribution is 0.636. The molecule has 0 aliphatic heterocycles. The van der Waals surface area contributed by atoms with Crippen molar-refractivity contribution in [3.63, 3.8) is 0 Å². The van der Waals surface area contributed by atoms with Crippen LogP contribution in [0.3, 0.4) is 0 Å². The van der Waals surface area contributed by atoms with E-state index in [1.807, 2.05) is 13.8 Å². The molecule has 3 heteroatoms. The van der Waals surface area contributed by atoms with Crippen molar-refractivity contribution < 1.29 is 4.39 Å². The number of hydrogen-bond acceptors (Lipinski definition) is 1. The lowest BCUT2D eigenvalue weighted by Gasteiger charge is -2.09. The molecular weight excluding hydrogens is 193 g/mol. The maximum absolute atomic E-state index is 13.6. The van der Waals surface area contributed by atoms with E-state index in [2.05, 4.69) is 4.98 Å². The van der Waals surface area contributed by atoms with Crippen molar-refractivity contribution >= 4 is 10.8 Å². The average Bonchev–Trinajstić information content (AvgIpc) is 2.16. The molecule has 0 unspecified atom stereocenters. The van der Waals surface area contributed by atoms with Crippen molar-refractivity contribution in [3.8, 4) is 0 Å². The van der Waals surface area contributed by atoms with Crippen molar-refractivity contribution in [2.24, 2.45) is 0 Å². The first-order valence-corrected chi connectivity index (χ1v) is 4.91. The summed E-state index contributed by atoms with van der Waals surface area (Å²) in [5.74, 6) is -0.189. The van der Waals surface area contributed by atoms with E-state index in [-0.39, 0.29) is 17.3 Å². The molecule has 0 atom stereocenters. The van der Waals surface area contributed by atoms with Crippen molar-refractivity contribution in [1.29, 1.82) is 0 Å². The van der Waals surface area contributed by atoms with E-state index in [9.17, 15) is 9.18 Å². The molecular formula is C12H12FNO. The lowest BCUT2D eigenvalue weighted by Crippen LogP contribution is -2.09. The van der Waals surface area contributed by atoms with Gasteiger partial charge in [0.2, 0.25) is 5.56 Å². The van der Waals surface area contributed by atoms with Gasteiger partial charge in [-0.2, -0.15) is 0 Å². The molecule has 2 nitrogen and oxygen atoms in total. The third-order valence-corrected chi connectivity index (χ3v) is 2.44. The molecule has 15 heavy (non-hydrogen) atoms. The molecule has 0 aliphatic carbocycles. The quantitative estimate of drug-likeness (QED) is 0.762. The number of aromatic nitrogens is 1. The summed E-state index contributed by atoms with van der Waals surface area (Å²) in [6.07, 6.45) is 0. The molecule has 0 saturated heterocycles. The van der Waals surface area contributed by atoms with Crippen molar-refractivity contribution in [2.45, 2.75) is 19.8 Å². The van der Waals surface area contributed by atoms with Crippen molar-refractivity contribution in [3.05, 3.63) is 46.1 Å². The van der Waals surface area contributed by atoms with Crippen molar-refractivity contribution in [1.82, 2.24) is 4.98 Å². The van der Waals surface area contributed by atoms with E-state index >= 15 is 0 Å². The first-order valence-electron chi connectivity index (χ1n) is 4.91. The summed E-state index contributed by atoms with van der Waals surface area (Å²) in [4.78, 5) is 14.0. The van der Waals surface area contributed by atoms with Crippen LogP contribution < -0.4 is 5.56 Å². The molecule has 1 N–H and O–H groups in total. The van der Waals surface area contributed by atoms with Crippen molar-refractivity contribution in [2.75, 3.05) is 0 Å². The van der Waals surface area contributed by atoms with Gasteiger partial charge in [0.05, 0.1) is 0 Å². The van der Waals surface area contributed by atoms with Crippen LogP contribution >= 0.6 is 0 Å². The molecule has 0 aliphatic rings. The van der Waals surface area contributed by atoms with Crippen LogP contribution in [-0.2, 0) is 0 Å². The van der Waals surface area contributed by atoms with Gasteiger partial charge in [0.25, 0.3) is 0 Å². The van der Waals surface area contributed by atoms with Crippen LogP contribution in [0.5, 0.6) is 0 Å². The summed E-state index contributed by atoms with van der Waals surface area (Å²) in [5, 5.41) is 1.18. The Kier molecular flexibility index (Phi) is 2.31. The summed E-state index contributed by atoms with van der Waals surface area (Å²) in [5.41, 5.74) is 0.479. The molecule has 78 valence electrons. The Morgan fingerprint density at radius 3 is 2.73 bits per heavy atom. The third-order valence-electron chi connectivity index (χ3n) is 2.44. The second kappa shape index (κ2) is 3.50. The summed E-state index contributed by atoms with van der Waals surface area (Å²) < 4.78 is 13.6. The fourth-order valence-corrected chi connectivity index (χ4v) is 1.75. The number of nitrogens with one attached hydrogen (secondary N) is 1. The minimum absolute atomic E-state index is 0.0956. The van der Waals surface area contributed by atoms with E-state index in [0.29, 0.717) is 16.5 Å². The SMILES string of the molecule is CC(C)c1[nH]c(=O)cc2cccc(F)c12. The first-order chi connectivity index (χ1) is 7.09. The molecule has 0 saturated carbocycles. The summed E-state index contributed by atoms with van der Waals surface area (Å²) in [6, 6.07) is 6.19. The van der Waals surface area contributed by atoms with Crippen LogP contribution in [0.1, 0.15) is 25.5 Å². The molecule has 2 rings (SSSR count). The Bertz CT molecular complexity index is 557. The van der Waals surface area contributed by atoms with E-state index < -0.39 is 0 Å². The summed E-state index contributed by atoms with van der Waals surface area (Å²) in [6.45, 7) is 3.86. The highest BCUT2D eigenvalue weighted by Gasteiger charge is 2.10. The fourth-order valence-electron chi connectivity index (χ4n) is 1.75. The predicted octanol–water partition coefficient (Wildman–Crippen LogP) is 2.79. The zero-order valence-electron chi connectivity index (χ0n) is 8.67. The molecule has 1 aromatic carbocycles. The Labute approximate surface area is 86.8 Å². The van der Waals surface area contributed by atoms with Crippen LogP contribution in [0, 0.1) is 5.82 Å². The first kappa shape index (κ1) is 9.90. The van der Waals surface area contributed by atoms with E-state index in [1.54, 1.807) is 12.1 Å². The molecule has 1 aromatic heterocycles. The number of fused-ring (bicyclic) bond motifs is 1. The second-order valence-corrected chi connectivity index (χ2v) is 3.91. The molecule has 0 amide bonds. The highest BCUT2D eigenvalue weighted by atomic mass is 19.1. The normalized spacial score (nSPS) is 11.2. The Morgan fingerprint density at radius 2 is 2.07 bits per heavy atom. The summed E-state index contributed by atoms with van der Waals surface area (Å²) in [7, 11) is 0. The average molecular weight is 205 g/mol. The topological polar surface area (TPSA) is 32.9 Å². The van der Waals surface area contributed by atoms with Gasteiger partial charge in [0.1, 0.15) is 5.82 Å². The number of halogens is 1. The minimum Gasteiger partial charge on any atom is -0.325 e. The van der Waals surface area contributed by atoms with Gasteiger partial charge in [0, 0.05) is 17.1 Å². The zero-order valence-corrected chi connectivity index (χ0v) is 8.67. The predicted molar refractivity (Wildman–Crippen MR) is 58.6 cm³/mol. The van der Waals surface area contributed by atoms with Crippen LogP contribution in [0.15, 0.2) is 29.1 Å². The zero-order chi connectivity index (χ0) is 11.0. The maximum atomic E-state index is 13.6. The number of pyridine rings is 1. The number of hydrogen-bond donors (Lipinski definition) is 1. The van der Waals surface area contributed by atoms with Crippen LogP contribution in [-0.4, -0.2) is 4.98 Å². The molecule has 1 heterocycles. The molecule has 0 radical (unpaired) electrons. The van der Waals surface area contributed by atoms with Gasteiger partial charge in [-0.3, -0.25) is 4.79 Å². The molecule has 0 bridgehead atoms. The van der Waals surface area contributed by atoms with Gasteiger partial charge in [-0.1, -0.05) is 26.0 Å². The van der Waals surface area contributed by atoms with Gasteiger partial charge in [0.15, 0.2) is 0 Å². The smallest absolute Gasteiger partial charge is 0.248 e. The number of benzene rings is 1. The number of aromatic amines is 1. The van der Waals surface area contributed by atoms with Gasteiger partial charge in [-0.25, -0.2) is 4.39 Å². The maximum Gasteiger partial charge on any atom is 0.248 e. The van der Waals surface area contributed by atoms with E-state index in [1.165, 1.54) is 12.1 Å².